The van der Waals surface area contributed by atoms with Crippen LogP contribution in [0.15, 0.2) is 24.3 Å². The van der Waals surface area contributed by atoms with E-state index in [9.17, 15) is 19.2 Å². The van der Waals surface area contributed by atoms with E-state index in [2.05, 4.69) is 10.6 Å². The van der Waals surface area contributed by atoms with Crippen molar-refractivity contribution in [3.8, 4) is 0 Å². The van der Waals surface area contributed by atoms with Crippen molar-refractivity contribution < 1.29 is 19.2 Å². The molecule has 0 bridgehead atoms. The zero-order valence-corrected chi connectivity index (χ0v) is 17.9. The summed E-state index contributed by atoms with van der Waals surface area (Å²) in [6.45, 7) is 7.38. The smallest absolute Gasteiger partial charge is 0.251 e. The highest BCUT2D eigenvalue weighted by Gasteiger charge is 2.40. The molecule has 2 rings (SSSR count). The number of anilines is 1. The van der Waals surface area contributed by atoms with Crippen LogP contribution in [0.1, 0.15) is 44.5 Å². The van der Waals surface area contributed by atoms with Crippen molar-refractivity contribution in [3.63, 3.8) is 0 Å². The number of benzene rings is 1. The molecule has 29 heavy (non-hydrogen) atoms. The first-order valence-electron chi connectivity index (χ1n) is 9.55. The zero-order chi connectivity index (χ0) is 21.7. The van der Waals surface area contributed by atoms with E-state index in [1.165, 1.54) is 17.8 Å². The fourth-order valence-electron chi connectivity index (χ4n) is 2.82. The number of hydrogen-bond donors (Lipinski definition) is 3. The van der Waals surface area contributed by atoms with Crippen molar-refractivity contribution in [1.29, 1.82) is 0 Å². The highest BCUT2D eigenvalue weighted by atomic mass is 32.2. The molecular formula is C20H28N4O4S. The highest BCUT2D eigenvalue weighted by molar-refractivity contribution is 8.00. The average molecular weight is 421 g/mol. The van der Waals surface area contributed by atoms with Crippen LogP contribution in [0.2, 0.25) is 0 Å². The lowest BCUT2D eigenvalue weighted by Crippen LogP contribution is -2.45. The molecule has 0 saturated carbocycles. The third kappa shape index (κ3) is 6.04. The van der Waals surface area contributed by atoms with E-state index < -0.39 is 11.3 Å². The average Bonchev–Trinajstić information content (AvgIpc) is 2.92. The Bertz CT molecular complexity index is 796. The van der Waals surface area contributed by atoms with E-state index >= 15 is 0 Å². The van der Waals surface area contributed by atoms with E-state index in [-0.39, 0.29) is 47.9 Å². The number of carbonyl (C=O) groups excluding carboxylic acids is 4. The zero-order valence-electron chi connectivity index (χ0n) is 17.1. The van der Waals surface area contributed by atoms with Gasteiger partial charge in [0.2, 0.25) is 17.7 Å². The maximum Gasteiger partial charge on any atom is 0.251 e. The van der Waals surface area contributed by atoms with Crippen LogP contribution in [0.3, 0.4) is 0 Å². The lowest BCUT2D eigenvalue weighted by molar-refractivity contribution is -0.123. The summed E-state index contributed by atoms with van der Waals surface area (Å²) < 4.78 is 0. The largest absolute Gasteiger partial charge is 0.353 e. The third-order valence-electron chi connectivity index (χ3n) is 4.14. The lowest BCUT2D eigenvalue weighted by atomic mass is 10.1. The standard InChI is InChI=1S/C20H28N4O4S/c1-11(2)22-18(26)13-6-5-7-14(8-13)24-17(25)9-16(20(24)28)29-10-15(21)19(27)23-12(3)4/h5-8,11-12,15-16H,9-10,21H2,1-4H3,(H,22,26)(H,23,27)/t15-,16?/m0/s1. The van der Waals surface area contributed by atoms with Gasteiger partial charge in [0.05, 0.1) is 17.0 Å². The van der Waals surface area contributed by atoms with Crippen molar-refractivity contribution in [1.82, 2.24) is 10.6 Å². The van der Waals surface area contributed by atoms with Crippen molar-refractivity contribution >= 4 is 41.1 Å². The molecule has 0 aliphatic carbocycles. The number of nitrogens with two attached hydrogens (primary N) is 1. The maximum absolute atomic E-state index is 12.8. The summed E-state index contributed by atoms with van der Waals surface area (Å²) in [6, 6.07) is 5.60. The van der Waals surface area contributed by atoms with Crippen LogP contribution < -0.4 is 21.3 Å². The summed E-state index contributed by atoms with van der Waals surface area (Å²) >= 11 is 1.20. The molecule has 1 fully saturated rings. The summed E-state index contributed by atoms with van der Waals surface area (Å²) in [7, 11) is 0. The topological polar surface area (TPSA) is 122 Å². The number of thioether (sulfide) groups is 1. The number of carbonyl (C=O) groups is 4. The predicted octanol–water partition coefficient (Wildman–Crippen LogP) is 1.04. The molecule has 8 nitrogen and oxygen atoms in total. The second-order valence-corrected chi connectivity index (χ2v) is 8.78. The monoisotopic (exact) mass is 420 g/mol. The summed E-state index contributed by atoms with van der Waals surface area (Å²) in [6.07, 6.45) is 0.0322. The van der Waals surface area contributed by atoms with Crippen molar-refractivity contribution in [2.45, 2.75) is 57.5 Å². The molecular weight excluding hydrogens is 392 g/mol. The molecule has 1 aromatic rings. The van der Waals surface area contributed by atoms with Gasteiger partial charge in [-0.3, -0.25) is 19.2 Å². The first kappa shape index (κ1) is 22.9. The van der Waals surface area contributed by atoms with Gasteiger partial charge in [0.1, 0.15) is 0 Å². The van der Waals surface area contributed by atoms with Gasteiger partial charge in [-0.1, -0.05) is 6.07 Å². The van der Waals surface area contributed by atoms with Gasteiger partial charge in [-0.2, -0.15) is 0 Å². The first-order chi connectivity index (χ1) is 13.6. The van der Waals surface area contributed by atoms with Gasteiger partial charge in [-0.05, 0) is 45.9 Å². The van der Waals surface area contributed by atoms with Crippen LogP contribution in [-0.4, -0.2) is 52.8 Å². The Labute approximate surface area is 175 Å². The normalized spacial score (nSPS) is 17.8. The predicted molar refractivity (Wildman–Crippen MR) is 114 cm³/mol. The van der Waals surface area contributed by atoms with Crippen molar-refractivity contribution in [3.05, 3.63) is 29.8 Å². The second-order valence-electron chi connectivity index (χ2n) is 7.54. The summed E-state index contributed by atoms with van der Waals surface area (Å²) in [5.41, 5.74) is 6.61. The van der Waals surface area contributed by atoms with E-state index in [0.29, 0.717) is 11.3 Å². The Morgan fingerprint density at radius 1 is 1.17 bits per heavy atom. The Morgan fingerprint density at radius 2 is 1.83 bits per heavy atom. The molecule has 0 spiro atoms. The lowest BCUT2D eigenvalue weighted by Gasteiger charge is -2.17. The van der Waals surface area contributed by atoms with Crippen LogP contribution in [0.4, 0.5) is 5.69 Å². The van der Waals surface area contributed by atoms with Gasteiger partial charge in [0, 0.05) is 29.8 Å². The minimum atomic E-state index is -0.762. The van der Waals surface area contributed by atoms with Gasteiger partial charge in [-0.25, -0.2) is 4.90 Å². The van der Waals surface area contributed by atoms with E-state index in [0.717, 1.165) is 4.90 Å². The van der Waals surface area contributed by atoms with Crippen molar-refractivity contribution in [2.75, 3.05) is 10.7 Å². The van der Waals surface area contributed by atoms with E-state index in [1.807, 2.05) is 27.7 Å². The van der Waals surface area contributed by atoms with Crippen LogP contribution in [0, 0.1) is 0 Å². The quantitative estimate of drug-likeness (QED) is 0.540. The first-order valence-corrected chi connectivity index (χ1v) is 10.6. The number of rotatable bonds is 8. The van der Waals surface area contributed by atoms with E-state index in [1.54, 1.807) is 18.2 Å². The Kier molecular flexibility index (Phi) is 7.80. The molecule has 4 amide bonds. The number of hydrogen-bond acceptors (Lipinski definition) is 6. The van der Waals surface area contributed by atoms with Crippen LogP contribution in [-0.2, 0) is 14.4 Å². The molecule has 1 aliphatic heterocycles. The number of nitrogens with one attached hydrogen (secondary N) is 2. The van der Waals surface area contributed by atoms with Crippen LogP contribution >= 0.6 is 11.8 Å². The molecule has 4 N–H and O–H groups in total. The molecule has 1 aromatic carbocycles. The number of amides is 4. The third-order valence-corrected chi connectivity index (χ3v) is 5.46. The van der Waals surface area contributed by atoms with Gasteiger partial charge in [0.25, 0.3) is 5.91 Å². The van der Waals surface area contributed by atoms with Gasteiger partial charge in [-0.15, -0.1) is 11.8 Å². The number of imide groups is 1. The molecule has 1 heterocycles. The summed E-state index contributed by atoms with van der Waals surface area (Å²) in [5, 5.41) is 4.90. The fraction of sp³-hybridized carbons (Fsp3) is 0.500. The molecule has 158 valence electrons. The van der Waals surface area contributed by atoms with Gasteiger partial charge < -0.3 is 16.4 Å². The van der Waals surface area contributed by atoms with Gasteiger partial charge in [0.15, 0.2) is 0 Å². The molecule has 9 heteroatoms. The van der Waals surface area contributed by atoms with Gasteiger partial charge >= 0.3 is 0 Å². The molecule has 2 atom stereocenters. The Balaban J connectivity index is 2.05. The Morgan fingerprint density at radius 3 is 2.45 bits per heavy atom. The minimum Gasteiger partial charge on any atom is -0.353 e. The molecule has 1 aliphatic rings. The minimum absolute atomic E-state index is 0.0242. The molecule has 1 unspecified atom stereocenters. The highest BCUT2D eigenvalue weighted by Crippen LogP contribution is 2.30. The van der Waals surface area contributed by atoms with Crippen molar-refractivity contribution in [2.24, 2.45) is 5.73 Å². The van der Waals surface area contributed by atoms with Crippen LogP contribution in [0.25, 0.3) is 0 Å². The molecule has 0 radical (unpaired) electrons. The summed E-state index contributed by atoms with van der Waals surface area (Å²) in [5.74, 6) is -1.03. The van der Waals surface area contributed by atoms with Crippen LogP contribution in [0.5, 0.6) is 0 Å². The Hall–Kier alpha value is -2.39. The second kappa shape index (κ2) is 9.89. The summed E-state index contributed by atoms with van der Waals surface area (Å²) in [4.78, 5) is 50.5. The maximum atomic E-state index is 12.8. The number of nitrogens with zero attached hydrogens (tertiary/aromatic N) is 1. The van der Waals surface area contributed by atoms with E-state index in [4.69, 9.17) is 5.73 Å². The molecule has 1 saturated heterocycles. The SMILES string of the molecule is CC(C)NC(=O)c1cccc(N2C(=O)CC(SC[C@H](N)C(=O)NC(C)C)C2=O)c1. The fourth-order valence-corrected chi connectivity index (χ4v) is 3.92. The molecule has 0 aromatic heterocycles.